The summed E-state index contributed by atoms with van der Waals surface area (Å²) in [5.41, 5.74) is 2.84. The van der Waals surface area contributed by atoms with E-state index >= 15 is 0 Å². The second-order valence-electron chi connectivity index (χ2n) is 6.98. The molecule has 4 rings (SSSR count). The number of hydrogen-bond donors (Lipinski definition) is 0. The van der Waals surface area contributed by atoms with Crippen molar-refractivity contribution in [3.63, 3.8) is 0 Å². The molecule has 6 heteroatoms. The first-order valence-corrected chi connectivity index (χ1v) is 9.91. The predicted octanol–water partition coefficient (Wildman–Crippen LogP) is 6.24. The Kier molecular flexibility index (Phi) is 6.10. The first-order valence-electron chi connectivity index (χ1n) is 9.91. The average Bonchev–Trinajstić information content (AvgIpc) is 2.80. The minimum Gasteiger partial charge on any atom is -0.491 e. The number of para-hydroxylation sites is 1. The summed E-state index contributed by atoms with van der Waals surface area (Å²) in [6.45, 7) is 1.04. The Hall–Kier alpha value is -3.90. The summed E-state index contributed by atoms with van der Waals surface area (Å²) in [6.07, 6.45) is 0. The molecule has 0 bridgehead atoms. The second kappa shape index (κ2) is 9.28. The molecule has 0 radical (unpaired) electrons. The smallest absolute Gasteiger partial charge is 0.269 e. The summed E-state index contributed by atoms with van der Waals surface area (Å²) in [5.74, 6) is 0.799. The second-order valence-corrected chi connectivity index (χ2v) is 6.98. The molecule has 0 spiro atoms. The Morgan fingerprint density at radius 1 is 0.774 bits per heavy atom. The standard InChI is InChI=1S/C25H22N2O4/c1-30-15-16-31-25-14-8-19-17-24(9-7-20(19)18-25)26(21-5-3-2-4-6-21)22-10-12-23(13-11-22)27(28)29/h2-14,17-18H,15-16H2,1H3. The van der Waals surface area contributed by atoms with Crippen molar-refractivity contribution in [2.24, 2.45) is 0 Å². The van der Waals surface area contributed by atoms with Crippen LogP contribution in [-0.4, -0.2) is 25.2 Å². The molecule has 0 N–H and O–H groups in total. The number of ether oxygens (including phenoxy) is 2. The first kappa shape index (κ1) is 20.4. The number of nitro groups is 1. The van der Waals surface area contributed by atoms with Crippen molar-refractivity contribution in [3.05, 3.63) is 101 Å². The molecular weight excluding hydrogens is 392 g/mol. The number of nitrogens with zero attached hydrogens (tertiary/aromatic N) is 2. The van der Waals surface area contributed by atoms with Crippen LogP contribution in [0.3, 0.4) is 0 Å². The molecular formula is C25H22N2O4. The Morgan fingerprint density at radius 3 is 2.13 bits per heavy atom. The van der Waals surface area contributed by atoms with Gasteiger partial charge >= 0.3 is 0 Å². The molecule has 4 aromatic carbocycles. The summed E-state index contributed by atoms with van der Waals surface area (Å²) in [6, 6.07) is 28.7. The predicted molar refractivity (Wildman–Crippen MR) is 123 cm³/mol. The van der Waals surface area contributed by atoms with Gasteiger partial charge in [0, 0.05) is 36.3 Å². The van der Waals surface area contributed by atoms with Crippen LogP contribution in [0.2, 0.25) is 0 Å². The highest BCUT2D eigenvalue weighted by Gasteiger charge is 2.14. The quantitative estimate of drug-likeness (QED) is 0.194. The molecule has 0 heterocycles. The summed E-state index contributed by atoms with van der Waals surface area (Å²) in [7, 11) is 1.65. The molecule has 0 fully saturated rings. The Balaban J connectivity index is 1.72. The maximum Gasteiger partial charge on any atom is 0.269 e. The third kappa shape index (κ3) is 4.65. The van der Waals surface area contributed by atoms with Gasteiger partial charge in [0.15, 0.2) is 0 Å². The van der Waals surface area contributed by atoms with E-state index in [4.69, 9.17) is 9.47 Å². The van der Waals surface area contributed by atoms with E-state index in [9.17, 15) is 10.1 Å². The van der Waals surface area contributed by atoms with E-state index in [1.165, 1.54) is 12.1 Å². The van der Waals surface area contributed by atoms with E-state index in [0.717, 1.165) is 33.6 Å². The van der Waals surface area contributed by atoms with Crippen molar-refractivity contribution in [2.75, 3.05) is 25.2 Å². The maximum atomic E-state index is 11.1. The van der Waals surface area contributed by atoms with Crippen molar-refractivity contribution >= 4 is 33.5 Å². The van der Waals surface area contributed by atoms with Crippen molar-refractivity contribution < 1.29 is 14.4 Å². The van der Waals surface area contributed by atoms with Crippen LogP contribution in [0, 0.1) is 10.1 Å². The number of hydrogen-bond acceptors (Lipinski definition) is 5. The largest absolute Gasteiger partial charge is 0.491 e. The lowest BCUT2D eigenvalue weighted by atomic mass is 10.1. The summed E-state index contributed by atoms with van der Waals surface area (Å²) < 4.78 is 10.7. The molecule has 4 aromatic rings. The zero-order valence-corrected chi connectivity index (χ0v) is 17.1. The van der Waals surface area contributed by atoms with Gasteiger partial charge in [0.2, 0.25) is 0 Å². The van der Waals surface area contributed by atoms with Crippen LogP contribution in [0.4, 0.5) is 22.7 Å². The van der Waals surface area contributed by atoms with Gasteiger partial charge in [-0.2, -0.15) is 0 Å². The number of benzene rings is 4. The number of fused-ring (bicyclic) bond motifs is 1. The number of methoxy groups -OCH3 is 1. The molecule has 0 aliphatic rings. The topological polar surface area (TPSA) is 64.8 Å². The molecule has 6 nitrogen and oxygen atoms in total. The SMILES string of the molecule is COCCOc1ccc2cc(N(c3ccccc3)c3ccc([N+](=O)[O-])cc3)ccc2c1. The van der Waals surface area contributed by atoms with Crippen molar-refractivity contribution in [2.45, 2.75) is 0 Å². The van der Waals surface area contributed by atoms with Gasteiger partial charge in [-0.3, -0.25) is 10.1 Å². The number of nitro benzene ring substituents is 1. The van der Waals surface area contributed by atoms with Gasteiger partial charge in [-0.1, -0.05) is 30.3 Å². The van der Waals surface area contributed by atoms with Crippen molar-refractivity contribution in [1.29, 1.82) is 0 Å². The molecule has 0 saturated heterocycles. The fourth-order valence-corrected chi connectivity index (χ4v) is 3.43. The van der Waals surface area contributed by atoms with Gasteiger partial charge in [0.05, 0.1) is 11.5 Å². The van der Waals surface area contributed by atoms with Gasteiger partial charge in [0.25, 0.3) is 5.69 Å². The highest BCUT2D eigenvalue weighted by Crippen LogP contribution is 2.37. The molecule has 156 valence electrons. The zero-order valence-electron chi connectivity index (χ0n) is 17.1. The van der Waals surface area contributed by atoms with Crippen molar-refractivity contribution in [1.82, 2.24) is 0 Å². The van der Waals surface area contributed by atoms with E-state index < -0.39 is 0 Å². The average molecular weight is 414 g/mol. The van der Waals surface area contributed by atoms with Crippen LogP contribution >= 0.6 is 0 Å². The number of anilines is 3. The van der Waals surface area contributed by atoms with Gasteiger partial charge in [-0.05, 0) is 59.3 Å². The summed E-state index contributed by atoms with van der Waals surface area (Å²) in [5, 5.41) is 13.2. The number of rotatable bonds is 8. The fourth-order valence-electron chi connectivity index (χ4n) is 3.43. The molecule has 0 unspecified atom stereocenters. The molecule has 31 heavy (non-hydrogen) atoms. The van der Waals surface area contributed by atoms with E-state index in [2.05, 4.69) is 17.0 Å². The monoisotopic (exact) mass is 414 g/mol. The lowest BCUT2D eigenvalue weighted by molar-refractivity contribution is -0.384. The summed E-state index contributed by atoms with van der Waals surface area (Å²) >= 11 is 0. The Bertz CT molecular complexity index is 1180. The molecule has 0 aliphatic carbocycles. The highest BCUT2D eigenvalue weighted by atomic mass is 16.6. The first-order chi connectivity index (χ1) is 15.2. The normalized spacial score (nSPS) is 10.7. The van der Waals surface area contributed by atoms with E-state index in [1.807, 2.05) is 54.6 Å². The van der Waals surface area contributed by atoms with Crippen LogP contribution in [0.1, 0.15) is 0 Å². The van der Waals surface area contributed by atoms with Crippen LogP contribution in [-0.2, 0) is 4.74 Å². The van der Waals surface area contributed by atoms with Gasteiger partial charge in [-0.15, -0.1) is 0 Å². The Labute approximate surface area is 180 Å². The molecule has 0 aromatic heterocycles. The van der Waals surface area contributed by atoms with Crippen LogP contribution < -0.4 is 9.64 Å². The number of non-ortho nitro benzene ring substituents is 1. The molecule has 0 atom stereocenters. The van der Waals surface area contributed by atoms with Crippen molar-refractivity contribution in [3.8, 4) is 5.75 Å². The Morgan fingerprint density at radius 2 is 1.42 bits per heavy atom. The van der Waals surface area contributed by atoms with E-state index in [-0.39, 0.29) is 10.6 Å². The maximum absolute atomic E-state index is 11.1. The van der Waals surface area contributed by atoms with E-state index in [1.54, 1.807) is 19.2 Å². The fraction of sp³-hybridized carbons (Fsp3) is 0.120. The van der Waals surface area contributed by atoms with Gasteiger partial charge < -0.3 is 14.4 Å². The van der Waals surface area contributed by atoms with Crippen LogP contribution in [0.25, 0.3) is 10.8 Å². The van der Waals surface area contributed by atoms with Gasteiger partial charge in [-0.25, -0.2) is 0 Å². The minimum absolute atomic E-state index is 0.0660. The van der Waals surface area contributed by atoms with E-state index in [0.29, 0.717) is 13.2 Å². The zero-order chi connectivity index (χ0) is 21.6. The minimum atomic E-state index is -0.390. The molecule has 0 saturated carbocycles. The molecule has 0 amide bonds. The van der Waals surface area contributed by atoms with Crippen LogP contribution in [0.5, 0.6) is 5.75 Å². The third-order valence-electron chi connectivity index (χ3n) is 4.94. The lowest BCUT2D eigenvalue weighted by Crippen LogP contribution is -2.09. The third-order valence-corrected chi connectivity index (χ3v) is 4.94. The highest BCUT2D eigenvalue weighted by molar-refractivity contribution is 5.90. The lowest BCUT2D eigenvalue weighted by Gasteiger charge is -2.25. The van der Waals surface area contributed by atoms with Gasteiger partial charge in [0.1, 0.15) is 12.4 Å². The summed E-state index contributed by atoms with van der Waals surface area (Å²) in [4.78, 5) is 12.7. The van der Waals surface area contributed by atoms with Crippen LogP contribution in [0.15, 0.2) is 91.0 Å². The molecule has 0 aliphatic heterocycles.